The molecule has 0 unspecified atom stereocenters. The number of hydrogen-bond acceptors (Lipinski definition) is 3. The van der Waals surface area contributed by atoms with Crippen molar-refractivity contribution in [3.8, 4) is 0 Å². The molecule has 1 aromatic rings. The van der Waals surface area contributed by atoms with E-state index in [1.807, 2.05) is 0 Å². The predicted octanol–water partition coefficient (Wildman–Crippen LogP) is 2.02. The van der Waals surface area contributed by atoms with Gasteiger partial charge in [-0.05, 0) is 13.8 Å². The van der Waals surface area contributed by atoms with Crippen LogP contribution < -0.4 is 0 Å². The van der Waals surface area contributed by atoms with Crippen LogP contribution in [0.2, 0.25) is 0 Å². The summed E-state index contributed by atoms with van der Waals surface area (Å²) >= 11 is 1.10. The maximum Gasteiger partial charge on any atom is 0.374 e. The summed E-state index contributed by atoms with van der Waals surface area (Å²) in [6.45, 7) is 3.29. The van der Waals surface area contributed by atoms with Gasteiger partial charge in [0.15, 0.2) is 0 Å². The van der Waals surface area contributed by atoms with Crippen molar-refractivity contribution in [2.24, 2.45) is 0 Å². The molecule has 0 aliphatic rings. The second-order valence-corrected chi connectivity index (χ2v) is 4.22. The van der Waals surface area contributed by atoms with Crippen molar-refractivity contribution >= 4 is 17.3 Å². The van der Waals surface area contributed by atoms with Gasteiger partial charge in [0.05, 0.1) is 17.1 Å². The number of aryl methyl sites for hydroxylation is 2. The van der Waals surface area contributed by atoms with Crippen molar-refractivity contribution in [1.82, 2.24) is 4.98 Å². The number of thiazole rings is 1. The molecule has 0 fully saturated rings. The highest BCUT2D eigenvalue weighted by Gasteiger charge is 2.39. The first kappa shape index (κ1) is 11.0. The second-order valence-electron chi connectivity index (χ2n) is 2.93. The Morgan fingerprint density at radius 2 is 2.14 bits per heavy atom. The van der Waals surface area contributed by atoms with Gasteiger partial charge >= 0.3 is 11.9 Å². The lowest BCUT2D eigenvalue weighted by Crippen LogP contribution is -2.30. The molecule has 0 bridgehead atoms. The summed E-state index contributed by atoms with van der Waals surface area (Å²) in [5.41, 5.74) is 0.480. The number of nitrogens with zero attached hydrogens (tertiary/aromatic N) is 1. The average Bonchev–Trinajstić information content (AvgIpc) is 2.29. The smallest absolute Gasteiger partial charge is 0.374 e. The Balaban J connectivity index is 2.88. The highest BCUT2D eigenvalue weighted by Crippen LogP contribution is 2.26. The first-order chi connectivity index (χ1) is 6.33. The van der Waals surface area contributed by atoms with E-state index in [9.17, 15) is 13.6 Å². The Morgan fingerprint density at radius 1 is 1.57 bits per heavy atom. The highest BCUT2D eigenvalue weighted by atomic mass is 32.1. The van der Waals surface area contributed by atoms with Crippen LogP contribution in [0.5, 0.6) is 0 Å². The topological polar surface area (TPSA) is 50.2 Å². The minimum Gasteiger partial charge on any atom is -0.477 e. The predicted molar refractivity (Wildman–Crippen MR) is 47.9 cm³/mol. The lowest BCUT2D eigenvalue weighted by molar-refractivity contribution is -0.164. The molecule has 78 valence electrons. The van der Waals surface area contributed by atoms with Gasteiger partial charge in [-0.1, -0.05) is 0 Å². The Morgan fingerprint density at radius 3 is 2.50 bits per heavy atom. The number of aliphatic carboxylic acids is 1. The van der Waals surface area contributed by atoms with Crippen LogP contribution in [-0.4, -0.2) is 22.0 Å². The zero-order valence-electron chi connectivity index (χ0n) is 7.67. The number of aromatic nitrogens is 1. The number of carboxylic acid groups (broad SMARTS) is 1. The van der Waals surface area contributed by atoms with Crippen molar-refractivity contribution < 1.29 is 18.7 Å². The highest BCUT2D eigenvalue weighted by molar-refractivity contribution is 7.11. The minimum absolute atomic E-state index is 0.329. The summed E-state index contributed by atoms with van der Waals surface area (Å²) in [5, 5.41) is 8.90. The molecule has 0 saturated carbocycles. The Labute approximate surface area is 83.4 Å². The van der Waals surface area contributed by atoms with E-state index < -0.39 is 18.3 Å². The van der Waals surface area contributed by atoms with Gasteiger partial charge in [-0.25, -0.2) is 9.78 Å². The zero-order chi connectivity index (χ0) is 10.9. The van der Waals surface area contributed by atoms with E-state index in [2.05, 4.69) is 4.98 Å². The normalized spacial score (nSPS) is 11.7. The number of hydrogen-bond donors (Lipinski definition) is 1. The standard InChI is InChI=1S/C8H9F2NO2S/c1-4-6(14-5(2)11-4)3-8(9,10)7(12)13/h3H2,1-2H3,(H,12,13). The number of carboxylic acids is 1. The average molecular weight is 221 g/mol. The van der Waals surface area contributed by atoms with Crippen molar-refractivity contribution in [2.45, 2.75) is 26.2 Å². The number of carbonyl (C=O) groups is 1. The molecular weight excluding hydrogens is 212 g/mol. The molecule has 0 aliphatic heterocycles. The van der Waals surface area contributed by atoms with E-state index >= 15 is 0 Å². The fourth-order valence-corrected chi connectivity index (χ4v) is 2.00. The van der Waals surface area contributed by atoms with Gasteiger partial charge in [0.25, 0.3) is 0 Å². The molecule has 14 heavy (non-hydrogen) atoms. The Hall–Kier alpha value is -1.04. The van der Waals surface area contributed by atoms with Gasteiger partial charge < -0.3 is 5.11 Å². The third-order valence-corrected chi connectivity index (χ3v) is 2.77. The molecule has 0 atom stereocenters. The largest absolute Gasteiger partial charge is 0.477 e. The van der Waals surface area contributed by atoms with Gasteiger partial charge in [0.2, 0.25) is 0 Å². The van der Waals surface area contributed by atoms with Gasteiger partial charge in [-0.15, -0.1) is 11.3 Å². The molecule has 3 nitrogen and oxygen atoms in total. The molecule has 1 N–H and O–H groups in total. The molecule has 0 radical (unpaired) electrons. The Kier molecular flexibility index (Phi) is 2.84. The van der Waals surface area contributed by atoms with Crippen molar-refractivity contribution in [2.75, 3.05) is 0 Å². The second kappa shape index (κ2) is 3.61. The number of rotatable bonds is 3. The quantitative estimate of drug-likeness (QED) is 0.849. The first-order valence-corrected chi connectivity index (χ1v) is 4.68. The SMILES string of the molecule is Cc1nc(C)c(CC(F)(F)C(=O)O)s1. The van der Waals surface area contributed by atoms with Gasteiger partial charge in [-0.3, -0.25) is 0 Å². The Bertz CT molecular complexity index is 362. The molecule has 1 rings (SSSR count). The maximum atomic E-state index is 12.8. The third-order valence-electron chi connectivity index (χ3n) is 1.70. The third kappa shape index (κ3) is 2.25. The van der Waals surface area contributed by atoms with E-state index in [0.717, 1.165) is 11.3 Å². The van der Waals surface area contributed by atoms with Crippen LogP contribution in [0.4, 0.5) is 8.78 Å². The summed E-state index contributed by atoms with van der Waals surface area (Å²) in [5.74, 6) is -5.80. The molecule has 6 heteroatoms. The summed E-state index contributed by atoms with van der Waals surface area (Å²) in [7, 11) is 0. The summed E-state index contributed by atoms with van der Waals surface area (Å²) < 4.78 is 25.6. The molecule has 0 amide bonds. The monoisotopic (exact) mass is 221 g/mol. The zero-order valence-corrected chi connectivity index (χ0v) is 8.49. The molecule has 1 aromatic heterocycles. The van der Waals surface area contributed by atoms with Crippen LogP contribution in [-0.2, 0) is 11.2 Å². The van der Waals surface area contributed by atoms with E-state index in [0.29, 0.717) is 15.6 Å². The van der Waals surface area contributed by atoms with Gasteiger partial charge in [-0.2, -0.15) is 8.78 Å². The van der Waals surface area contributed by atoms with E-state index in [1.165, 1.54) is 0 Å². The molecule has 0 saturated heterocycles. The van der Waals surface area contributed by atoms with E-state index in [4.69, 9.17) is 5.11 Å². The van der Waals surface area contributed by atoms with Crippen LogP contribution in [0, 0.1) is 13.8 Å². The van der Waals surface area contributed by atoms with Gasteiger partial charge in [0, 0.05) is 4.88 Å². The lowest BCUT2D eigenvalue weighted by Gasteiger charge is -2.09. The minimum atomic E-state index is -3.70. The van der Waals surface area contributed by atoms with E-state index in [1.54, 1.807) is 13.8 Å². The van der Waals surface area contributed by atoms with Crippen molar-refractivity contribution in [3.05, 3.63) is 15.6 Å². The van der Waals surface area contributed by atoms with Crippen molar-refractivity contribution in [1.29, 1.82) is 0 Å². The van der Waals surface area contributed by atoms with Crippen molar-refractivity contribution in [3.63, 3.8) is 0 Å². The summed E-state index contributed by atoms with van der Waals surface area (Å²) in [4.78, 5) is 14.5. The van der Waals surface area contributed by atoms with Crippen LogP contribution in [0.15, 0.2) is 0 Å². The van der Waals surface area contributed by atoms with Crippen LogP contribution in [0.25, 0.3) is 0 Å². The first-order valence-electron chi connectivity index (χ1n) is 3.87. The van der Waals surface area contributed by atoms with E-state index in [-0.39, 0.29) is 0 Å². The fraction of sp³-hybridized carbons (Fsp3) is 0.500. The molecule has 0 aliphatic carbocycles. The lowest BCUT2D eigenvalue weighted by atomic mass is 10.2. The maximum absolute atomic E-state index is 12.8. The number of halogens is 2. The van der Waals surface area contributed by atoms with Crippen LogP contribution >= 0.6 is 11.3 Å². The van der Waals surface area contributed by atoms with Gasteiger partial charge in [0.1, 0.15) is 0 Å². The summed E-state index contributed by atoms with van der Waals surface area (Å²) in [6.07, 6.45) is -0.778. The summed E-state index contributed by atoms with van der Waals surface area (Å²) in [6, 6.07) is 0. The molecule has 0 spiro atoms. The molecule has 0 aromatic carbocycles. The molecular formula is C8H9F2NO2S. The molecule has 1 heterocycles. The fourth-order valence-electron chi connectivity index (χ4n) is 1.01. The number of alkyl halides is 2. The van der Waals surface area contributed by atoms with Crippen LogP contribution in [0.3, 0.4) is 0 Å². The van der Waals surface area contributed by atoms with Crippen LogP contribution in [0.1, 0.15) is 15.6 Å².